The van der Waals surface area contributed by atoms with Gasteiger partial charge in [-0.2, -0.15) is 0 Å². The number of nitrogens with one attached hydrogen (secondary N) is 1. The second-order valence-electron chi connectivity index (χ2n) is 4.81. The number of hydrogen-bond donors (Lipinski definition) is 2. The summed E-state index contributed by atoms with van der Waals surface area (Å²) in [5.74, 6) is 0.274. The molecule has 0 aromatic heterocycles. The van der Waals surface area contributed by atoms with E-state index in [0.717, 1.165) is 30.8 Å². The van der Waals surface area contributed by atoms with Crippen LogP contribution in [-0.4, -0.2) is 36.1 Å². The van der Waals surface area contributed by atoms with Crippen LogP contribution in [0.15, 0.2) is 18.2 Å². The SMILES string of the molecule is CC(=O)N1CCCc2ccc(NCC(O)CCl)cc21. The van der Waals surface area contributed by atoms with Crippen LogP contribution in [0.5, 0.6) is 0 Å². The molecule has 5 heteroatoms. The summed E-state index contributed by atoms with van der Waals surface area (Å²) < 4.78 is 0. The number of nitrogens with zero attached hydrogens (tertiary/aromatic N) is 1. The Bertz CT molecular complexity index is 465. The fourth-order valence-corrected chi connectivity index (χ4v) is 2.41. The molecule has 1 atom stereocenters. The first-order valence-electron chi connectivity index (χ1n) is 6.50. The Labute approximate surface area is 118 Å². The number of hydrogen-bond acceptors (Lipinski definition) is 3. The quantitative estimate of drug-likeness (QED) is 0.831. The number of aryl methyl sites for hydroxylation is 1. The van der Waals surface area contributed by atoms with Crippen LogP contribution in [0.1, 0.15) is 18.9 Å². The second-order valence-corrected chi connectivity index (χ2v) is 5.12. The summed E-state index contributed by atoms with van der Waals surface area (Å²) in [5, 5.41) is 12.6. The van der Waals surface area contributed by atoms with Gasteiger partial charge in [0.25, 0.3) is 0 Å². The van der Waals surface area contributed by atoms with Gasteiger partial charge in [0.1, 0.15) is 0 Å². The summed E-state index contributed by atoms with van der Waals surface area (Å²) in [5.41, 5.74) is 3.07. The zero-order chi connectivity index (χ0) is 13.8. The minimum absolute atomic E-state index is 0.0684. The fourth-order valence-electron chi connectivity index (χ4n) is 2.30. The molecule has 0 fully saturated rings. The van der Waals surface area contributed by atoms with Crippen molar-refractivity contribution in [2.75, 3.05) is 29.2 Å². The lowest BCUT2D eigenvalue weighted by atomic mass is 10.0. The molecular formula is C14H19ClN2O2. The Morgan fingerprint density at radius 3 is 3.05 bits per heavy atom. The zero-order valence-electron chi connectivity index (χ0n) is 11.0. The van der Waals surface area contributed by atoms with Crippen molar-refractivity contribution in [2.45, 2.75) is 25.9 Å². The molecule has 0 saturated heterocycles. The molecule has 0 saturated carbocycles. The number of rotatable bonds is 4. The van der Waals surface area contributed by atoms with Crippen LogP contribution in [0.2, 0.25) is 0 Å². The van der Waals surface area contributed by atoms with E-state index in [9.17, 15) is 9.90 Å². The van der Waals surface area contributed by atoms with Gasteiger partial charge in [-0.3, -0.25) is 4.79 Å². The number of benzene rings is 1. The summed E-state index contributed by atoms with van der Waals surface area (Å²) in [6.45, 7) is 2.77. The van der Waals surface area contributed by atoms with Crippen LogP contribution in [0.3, 0.4) is 0 Å². The Balaban J connectivity index is 2.16. The predicted molar refractivity (Wildman–Crippen MR) is 78.0 cm³/mol. The number of carbonyl (C=O) groups is 1. The normalized spacial score (nSPS) is 15.8. The molecule has 1 heterocycles. The van der Waals surface area contributed by atoms with Gasteiger partial charge in [0.2, 0.25) is 5.91 Å². The number of fused-ring (bicyclic) bond motifs is 1. The van der Waals surface area contributed by atoms with E-state index in [1.807, 2.05) is 23.1 Å². The molecule has 1 aliphatic heterocycles. The van der Waals surface area contributed by atoms with Gasteiger partial charge in [-0.25, -0.2) is 0 Å². The lowest BCUT2D eigenvalue weighted by Crippen LogP contribution is -2.33. The molecule has 4 nitrogen and oxygen atoms in total. The molecule has 0 bridgehead atoms. The monoisotopic (exact) mass is 282 g/mol. The summed E-state index contributed by atoms with van der Waals surface area (Å²) >= 11 is 5.56. The smallest absolute Gasteiger partial charge is 0.223 e. The van der Waals surface area contributed by atoms with Crippen molar-refractivity contribution in [1.82, 2.24) is 0 Å². The predicted octanol–water partition coefficient (Wildman–Crippen LogP) is 2.00. The molecular weight excluding hydrogens is 264 g/mol. The van der Waals surface area contributed by atoms with Crippen molar-refractivity contribution in [3.8, 4) is 0 Å². The maximum atomic E-state index is 11.6. The lowest BCUT2D eigenvalue weighted by molar-refractivity contribution is -0.116. The van der Waals surface area contributed by atoms with Crippen LogP contribution in [-0.2, 0) is 11.2 Å². The molecule has 1 aromatic carbocycles. The van der Waals surface area contributed by atoms with Crippen molar-refractivity contribution in [3.63, 3.8) is 0 Å². The molecule has 0 spiro atoms. The van der Waals surface area contributed by atoms with Crippen LogP contribution < -0.4 is 10.2 Å². The molecule has 19 heavy (non-hydrogen) atoms. The summed E-state index contributed by atoms with van der Waals surface area (Å²) in [4.78, 5) is 13.4. The molecule has 1 unspecified atom stereocenters. The number of aliphatic hydroxyl groups excluding tert-OH is 1. The highest BCUT2D eigenvalue weighted by Crippen LogP contribution is 2.30. The Morgan fingerprint density at radius 1 is 1.58 bits per heavy atom. The topological polar surface area (TPSA) is 52.6 Å². The minimum atomic E-state index is -0.568. The van der Waals surface area contributed by atoms with Gasteiger partial charge < -0.3 is 15.3 Å². The van der Waals surface area contributed by atoms with E-state index in [0.29, 0.717) is 6.54 Å². The maximum Gasteiger partial charge on any atom is 0.223 e. The van der Waals surface area contributed by atoms with Gasteiger partial charge in [0.15, 0.2) is 0 Å². The molecule has 1 aliphatic rings. The van der Waals surface area contributed by atoms with Gasteiger partial charge in [0, 0.05) is 31.4 Å². The fraction of sp³-hybridized carbons (Fsp3) is 0.500. The number of alkyl halides is 1. The molecule has 2 N–H and O–H groups in total. The van der Waals surface area contributed by atoms with Crippen molar-refractivity contribution >= 4 is 28.9 Å². The van der Waals surface area contributed by atoms with E-state index in [4.69, 9.17) is 11.6 Å². The van der Waals surface area contributed by atoms with Gasteiger partial charge in [-0.15, -0.1) is 11.6 Å². The summed E-state index contributed by atoms with van der Waals surface area (Å²) in [7, 11) is 0. The molecule has 1 amide bonds. The molecule has 2 rings (SSSR count). The van der Waals surface area contributed by atoms with Crippen molar-refractivity contribution in [2.24, 2.45) is 0 Å². The maximum absolute atomic E-state index is 11.6. The van der Waals surface area contributed by atoms with Crippen LogP contribution >= 0.6 is 11.6 Å². The van der Waals surface area contributed by atoms with Crippen molar-refractivity contribution in [1.29, 1.82) is 0 Å². The van der Waals surface area contributed by atoms with E-state index < -0.39 is 6.10 Å². The minimum Gasteiger partial charge on any atom is -0.390 e. The van der Waals surface area contributed by atoms with Crippen molar-refractivity contribution < 1.29 is 9.90 Å². The highest BCUT2D eigenvalue weighted by Gasteiger charge is 2.20. The summed E-state index contributed by atoms with van der Waals surface area (Å²) in [6, 6.07) is 5.99. The summed E-state index contributed by atoms with van der Waals surface area (Å²) in [6.07, 6.45) is 1.44. The van der Waals surface area contributed by atoms with Gasteiger partial charge >= 0.3 is 0 Å². The third-order valence-corrected chi connectivity index (χ3v) is 3.66. The molecule has 0 aliphatic carbocycles. The third-order valence-electron chi connectivity index (χ3n) is 3.30. The molecule has 1 aromatic rings. The first kappa shape index (κ1) is 14.2. The van der Waals surface area contributed by atoms with E-state index >= 15 is 0 Å². The van der Waals surface area contributed by atoms with Gasteiger partial charge in [-0.1, -0.05) is 6.07 Å². The van der Waals surface area contributed by atoms with Crippen LogP contribution in [0.4, 0.5) is 11.4 Å². The Kier molecular flexibility index (Phi) is 4.66. The Hall–Kier alpha value is -1.26. The van der Waals surface area contributed by atoms with Gasteiger partial charge in [-0.05, 0) is 30.5 Å². The van der Waals surface area contributed by atoms with Crippen LogP contribution in [0.25, 0.3) is 0 Å². The average Bonchev–Trinajstić information content (AvgIpc) is 2.43. The van der Waals surface area contributed by atoms with E-state index in [1.54, 1.807) is 6.92 Å². The highest BCUT2D eigenvalue weighted by atomic mass is 35.5. The number of aliphatic hydroxyl groups is 1. The molecule has 104 valence electrons. The number of carbonyl (C=O) groups excluding carboxylic acids is 1. The van der Waals surface area contributed by atoms with E-state index in [2.05, 4.69) is 5.32 Å². The number of halogens is 1. The zero-order valence-corrected chi connectivity index (χ0v) is 11.8. The second kappa shape index (κ2) is 6.26. The first-order chi connectivity index (χ1) is 9.11. The molecule has 0 radical (unpaired) electrons. The standard InChI is InChI=1S/C14H19ClN2O2/c1-10(18)17-6-2-3-11-4-5-12(7-14(11)17)16-9-13(19)8-15/h4-5,7,13,16,19H,2-3,6,8-9H2,1H3. The number of anilines is 2. The number of amides is 1. The van der Waals surface area contributed by atoms with Crippen molar-refractivity contribution in [3.05, 3.63) is 23.8 Å². The Morgan fingerprint density at radius 2 is 2.37 bits per heavy atom. The third kappa shape index (κ3) is 3.39. The van der Waals surface area contributed by atoms with E-state index in [-0.39, 0.29) is 11.8 Å². The van der Waals surface area contributed by atoms with Crippen LogP contribution in [0, 0.1) is 0 Å². The lowest BCUT2D eigenvalue weighted by Gasteiger charge is -2.29. The average molecular weight is 283 g/mol. The van der Waals surface area contributed by atoms with Gasteiger partial charge in [0.05, 0.1) is 12.0 Å². The van der Waals surface area contributed by atoms with E-state index in [1.165, 1.54) is 5.56 Å². The highest BCUT2D eigenvalue weighted by molar-refractivity contribution is 6.18. The largest absolute Gasteiger partial charge is 0.390 e. The first-order valence-corrected chi connectivity index (χ1v) is 7.04.